The van der Waals surface area contributed by atoms with Crippen molar-refractivity contribution in [1.29, 1.82) is 0 Å². The van der Waals surface area contributed by atoms with E-state index >= 15 is 0 Å². The van der Waals surface area contributed by atoms with Crippen molar-refractivity contribution in [2.45, 2.75) is 31.8 Å². The van der Waals surface area contributed by atoms with Crippen molar-refractivity contribution in [2.75, 3.05) is 13.7 Å². The first-order valence-corrected chi connectivity index (χ1v) is 6.07. The van der Waals surface area contributed by atoms with Gasteiger partial charge in [0.1, 0.15) is 0 Å². The summed E-state index contributed by atoms with van der Waals surface area (Å²) in [5.74, 6) is 0.411. The Morgan fingerprint density at radius 3 is 2.88 bits per heavy atom. The molecule has 0 fully saturated rings. The van der Waals surface area contributed by atoms with Crippen LogP contribution in [0.5, 0.6) is 0 Å². The molecule has 1 aliphatic carbocycles. The van der Waals surface area contributed by atoms with Crippen LogP contribution in [0.4, 0.5) is 0 Å². The number of benzene rings is 1. The number of fused-ring (bicyclic) bond motifs is 1. The van der Waals surface area contributed by atoms with E-state index in [0.29, 0.717) is 5.92 Å². The first kappa shape index (κ1) is 11.6. The molecule has 2 nitrogen and oxygen atoms in total. The molecule has 2 atom stereocenters. The zero-order valence-electron chi connectivity index (χ0n) is 9.86. The molecule has 2 rings (SSSR count). The number of aliphatic hydroxyl groups excluding tert-OH is 1. The van der Waals surface area contributed by atoms with Crippen LogP contribution in [0, 0.1) is 5.92 Å². The Kier molecular flexibility index (Phi) is 3.97. The molecule has 1 aliphatic rings. The lowest BCUT2D eigenvalue weighted by atomic mass is 9.97. The zero-order valence-corrected chi connectivity index (χ0v) is 9.86. The molecule has 1 aromatic carbocycles. The van der Waals surface area contributed by atoms with Crippen LogP contribution in [0.25, 0.3) is 0 Å². The largest absolute Gasteiger partial charge is 0.388 e. The van der Waals surface area contributed by atoms with Crippen LogP contribution in [-0.2, 0) is 11.2 Å². The van der Waals surface area contributed by atoms with Crippen molar-refractivity contribution in [1.82, 2.24) is 0 Å². The number of methoxy groups -OCH3 is 1. The molecule has 0 radical (unpaired) electrons. The smallest absolute Gasteiger partial charge is 0.0824 e. The lowest BCUT2D eigenvalue weighted by molar-refractivity contribution is 0.113. The summed E-state index contributed by atoms with van der Waals surface area (Å²) >= 11 is 0. The van der Waals surface area contributed by atoms with Crippen molar-refractivity contribution < 1.29 is 9.84 Å². The molecule has 2 heteroatoms. The van der Waals surface area contributed by atoms with Crippen LogP contribution in [0.2, 0.25) is 0 Å². The Balaban J connectivity index is 1.87. The van der Waals surface area contributed by atoms with E-state index in [4.69, 9.17) is 4.74 Å². The van der Waals surface area contributed by atoms with E-state index in [2.05, 4.69) is 18.2 Å². The molecular weight excluding hydrogens is 200 g/mol. The molecule has 0 aromatic heterocycles. The van der Waals surface area contributed by atoms with Gasteiger partial charge in [-0.15, -0.1) is 0 Å². The van der Waals surface area contributed by atoms with E-state index in [1.165, 1.54) is 5.56 Å². The summed E-state index contributed by atoms with van der Waals surface area (Å²) in [4.78, 5) is 0. The standard InChI is InChI=1S/C14H20O2/c1-16-9-5-4-7-12-10-11-6-2-3-8-13(11)14(12)15/h2-3,6,8,12,14-15H,4-5,7,9-10H2,1H3. The summed E-state index contributed by atoms with van der Waals surface area (Å²) in [6.07, 6.45) is 4.11. The quantitative estimate of drug-likeness (QED) is 0.773. The summed E-state index contributed by atoms with van der Waals surface area (Å²) in [6.45, 7) is 0.829. The maximum absolute atomic E-state index is 10.2. The van der Waals surface area contributed by atoms with Gasteiger partial charge in [0, 0.05) is 13.7 Å². The van der Waals surface area contributed by atoms with Crippen molar-refractivity contribution in [3.63, 3.8) is 0 Å². The third kappa shape index (κ3) is 2.45. The summed E-state index contributed by atoms with van der Waals surface area (Å²) in [6, 6.07) is 8.25. The molecule has 1 N–H and O–H groups in total. The monoisotopic (exact) mass is 220 g/mol. The fourth-order valence-corrected chi connectivity index (χ4v) is 2.57. The highest BCUT2D eigenvalue weighted by Gasteiger charge is 2.29. The minimum atomic E-state index is -0.251. The van der Waals surface area contributed by atoms with E-state index < -0.39 is 0 Å². The van der Waals surface area contributed by atoms with Gasteiger partial charge >= 0.3 is 0 Å². The van der Waals surface area contributed by atoms with E-state index in [1.807, 2.05) is 6.07 Å². The highest BCUT2D eigenvalue weighted by molar-refractivity contribution is 5.34. The van der Waals surface area contributed by atoms with Gasteiger partial charge in [-0.25, -0.2) is 0 Å². The van der Waals surface area contributed by atoms with E-state index in [-0.39, 0.29) is 6.10 Å². The summed E-state index contributed by atoms with van der Waals surface area (Å²) in [7, 11) is 1.74. The minimum absolute atomic E-state index is 0.251. The average molecular weight is 220 g/mol. The van der Waals surface area contributed by atoms with Gasteiger partial charge < -0.3 is 9.84 Å². The molecule has 1 aromatic rings. The maximum Gasteiger partial charge on any atom is 0.0824 e. The molecule has 0 saturated carbocycles. The van der Waals surface area contributed by atoms with Crippen LogP contribution in [0.15, 0.2) is 24.3 Å². The topological polar surface area (TPSA) is 29.5 Å². The fraction of sp³-hybridized carbons (Fsp3) is 0.571. The first-order valence-electron chi connectivity index (χ1n) is 6.07. The van der Waals surface area contributed by atoms with Gasteiger partial charge in [-0.1, -0.05) is 30.7 Å². The SMILES string of the molecule is COCCCCC1Cc2ccccc2C1O. The van der Waals surface area contributed by atoms with Crippen molar-refractivity contribution in [3.8, 4) is 0 Å². The molecule has 0 bridgehead atoms. The Morgan fingerprint density at radius 1 is 1.31 bits per heavy atom. The van der Waals surface area contributed by atoms with Crippen LogP contribution in [-0.4, -0.2) is 18.8 Å². The lowest BCUT2D eigenvalue weighted by Gasteiger charge is -2.14. The van der Waals surface area contributed by atoms with Gasteiger partial charge in [-0.05, 0) is 36.3 Å². The van der Waals surface area contributed by atoms with Crippen molar-refractivity contribution >= 4 is 0 Å². The van der Waals surface area contributed by atoms with Gasteiger partial charge in [0.25, 0.3) is 0 Å². The predicted molar refractivity (Wildman–Crippen MR) is 64.3 cm³/mol. The Morgan fingerprint density at radius 2 is 2.12 bits per heavy atom. The van der Waals surface area contributed by atoms with E-state index in [9.17, 15) is 5.11 Å². The van der Waals surface area contributed by atoms with E-state index in [1.54, 1.807) is 7.11 Å². The fourth-order valence-electron chi connectivity index (χ4n) is 2.57. The Hall–Kier alpha value is -0.860. The molecule has 0 saturated heterocycles. The van der Waals surface area contributed by atoms with Gasteiger partial charge in [0.2, 0.25) is 0 Å². The summed E-state index contributed by atoms with van der Waals surface area (Å²) in [5, 5.41) is 10.2. The number of ether oxygens (including phenoxy) is 1. The van der Waals surface area contributed by atoms with Crippen LogP contribution < -0.4 is 0 Å². The average Bonchev–Trinajstić information content (AvgIpc) is 2.63. The van der Waals surface area contributed by atoms with Crippen molar-refractivity contribution in [2.24, 2.45) is 5.92 Å². The zero-order chi connectivity index (χ0) is 11.4. The van der Waals surface area contributed by atoms with Crippen molar-refractivity contribution in [3.05, 3.63) is 35.4 Å². The molecular formula is C14H20O2. The Bertz CT molecular complexity index is 335. The minimum Gasteiger partial charge on any atom is -0.388 e. The first-order chi connectivity index (χ1) is 7.83. The number of hydrogen-bond acceptors (Lipinski definition) is 2. The number of unbranched alkanes of at least 4 members (excludes halogenated alkanes) is 1. The molecule has 0 spiro atoms. The molecule has 0 heterocycles. The Labute approximate surface area is 97.3 Å². The maximum atomic E-state index is 10.2. The van der Waals surface area contributed by atoms with Crippen LogP contribution in [0.3, 0.4) is 0 Å². The van der Waals surface area contributed by atoms with Gasteiger partial charge in [-0.2, -0.15) is 0 Å². The normalized spacial score (nSPS) is 23.4. The molecule has 0 amide bonds. The summed E-state index contributed by atoms with van der Waals surface area (Å²) < 4.78 is 5.03. The number of aliphatic hydroxyl groups is 1. The third-order valence-corrected chi connectivity index (χ3v) is 3.48. The predicted octanol–water partition coefficient (Wildman–Crippen LogP) is 2.71. The lowest BCUT2D eigenvalue weighted by Crippen LogP contribution is -2.07. The molecule has 88 valence electrons. The van der Waals surface area contributed by atoms with Crippen LogP contribution in [0.1, 0.15) is 36.5 Å². The van der Waals surface area contributed by atoms with Gasteiger partial charge in [-0.3, -0.25) is 0 Å². The highest BCUT2D eigenvalue weighted by atomic mass is 16.5. The van der Waals surface area contributed by atoms with Crippen LogP contribution >= 0.6 is 0 Å². The van der Waals surface area contributed by atoms with E-state index in [0.717, 1.165) is 37.9 Å². The van der Waals surface area contributed by atoms with Gasteiger partial charge in [0.05, 0.1) is 6.10 Å². The molecule has 0 aliphatic heterocycles. The molecule has 2 unspecified atom stereocenters. The second kappa shape index (κ2) is 5.46. The molecule has 16 heavy (non-hydrogen) atoms. The summed E-state index contributed by atoms with van der Waals surface area (Å²) in [5.41, 5.74) is 2.46. The highest BCUT2D eigenvalue weighted by Crippen LogP contribution is 2.38. The second-order valence-electron chi connectivity index (χ2n) is 4.60. The second-order valence-corrected chi connectivity index (χ2v) is 4.60. The van der Waals surface area contributed by atoms with Gasteiger partial charge in [0.15, 0.2) is 0 Å². The third-order valence-electron chi connectivity index (χ3n) is 3.48. The number of rotatable bonds is 5. The number of hydrogen-bond donors (Lipinski definition) is 1.